The van der Waals surface area contributed by atoms with Crippen LogP contribution >= 0.6 is 11.6 Å². The predicted octanol–water partition coefficient (Wildman–Crippen LogP) is 5.08. The Hall–Kier alpha value is -2.85. The first-order valence-corrected chi connectivity index (χ1v) is 8.02. The number of halogens is 1. The Morgan fingerprint density at radius 3 is 2.20 bits per heavy atom. The van der Waals surface area contributed by atoms with Crippen LogP contribution in [0.15, 0.2) is 54.6 Å². The van der Waals surface area contributed by atoms with Gasteiger partial charge < -0.3 is 9.84 Å². The lowest BCUT2D eigenvalue weighted by molar-refractivity contribution is 0.0695. The Morgan fingerprint density at radius 2 is 1.64 bits per heavy atom. The fourth-order valence-electron chi connectivity index (χ4n) is 2.64. The minimum absolute atomic E-state index is 0.184. The van der Waals surface area contributed by atoms with Crippen molar-refractivity contribution in [2.75, 3.05) is 7.11 Å². The molecule has 5 heteroatoms. The van der Waals surface area contributed by atoms with Crippen LogP contribution in [0.1, 0.15) is 16.1 Å². The molecule has 0 saturated carbocycles. The van der Waals surface area contributed by atoms with Crippen molar-refractivity contribution >= 4 is 17.6 Å². The summed E-state index contributed by atoms with van der Waals surface area (Å²) in [6, 6.07) is 16.4. The third kappa shape index (κ3) is 3.49. The van der Waals surface area contributed by atoms with Gasteiger partial charge in [0.05, 0.1) is 24.1 Å². The van der Waals surface area contributed by atoms with Gasteiger partial charge >= 0.3 is 5.97 Å². The van der Waals surface area contributed by atoms with Gasteiger partial charge in [0.15, 0.2) is 0 Å². The topological polar surface area (TPSA) is 59.4 Å². The molecule has 25 heavy (non-hydrogen) atoms. The van der Waals surface area contributed by atoms with Crippen molar-refractivity contribution in [2.45, 2.75) is 6.92 Å². The van der Waals surface area contributed by atoms with Gasteiger partial charge in [-0.15, -0.1) is 0 Å². The first kappa shape index (κ1) is 17.0. The number of carboxylic acids is 1. The van der Waals surface area contributed by atoms with Crippen molar-refractivity contribution in [1.29, 1.82) is 0 Å². The number of methoxy groups -OCH3 is 1. The van der Waals surface area contributed by atoms with Crippen LogP contribution in [0.2, 0.25) is 5.02 Å². The van der Waals surface area contributed by atoms with Crippen LogP contribution < -0.4 is 4.74 Å². The van der Waals surface area contributed by atoms with Gasteiger partial charge in [-0.2, -0.15) is 0 Å². The molecule has 1 N–H and O–H groups in total. The summed E-state index contributed by atoms with van der Waals surface area (Å²) < 4.78 is 5.19. The molecule has 0 bridgehead atoms. The molecule has 0 spiro atoms. The molecular formula is C20H16ClNO3. The maximum atomic E-state index is 11.5. The van der Waals surface area contributed by atoms with Gasteiger partial charge in [0.25, 0.3) is 0 Å². The Bertz CT molecular complexity index is 919. The Morgan fingerprint density at radius 1 is 1.04 bits per heavy atom. The lowest BCUT2D eigenvalue weighted by atomic mass is 9.96. The molecule has 0 amide bonds. The molecule has 0 unspecified atom stereocenters. The van der Waals surface area contributed by atoms with E-state index in [1.54, 1.807) is 32.2 Å². The number of rotatable bonds is 4. The van der Waals surface area contributed by atoms with Crippen molar-refractivity contribution in [2.24, 2.45) is 0 Å². The van der Waals surface area contributed by atoms with E-state index in [0.717, 1.165) is 22.4 Å². The van der Waals surface area contributed by atoms with E-state index in [-0.39, 0.29) is 5.56 Å². The number of hydrogen-bond acceptors (Lipinski definition) is 3. The summed E-state index contributed by atoms with van der Waals surface area (Å²) in [6.07, 6.45) is 0. The smallest absolute Gasteiger partial charge is 0.337 e. The highest BCUT2D eigenvalue weighted by Crippen LogP contribution is 2.33. The summed E-state index contributed by atoms with van der Waals surface area (Å²) in [5.74, 6) is -0.266. The number of aryl methyl sites for hydroxylation is 1. The van der Waals surface area contributed by atoms with E-state index in [2.05, 4.69) is 4.98 Å². The molecule has 0 atom stereocenters. The fourth-order valence-corrected chi connectivity index (χ4v) is 2.77. The molecule has 1 heterocycles. The SMILES string of the molecule is COc1ccc(-c2cc(C(=O)O)c(C)nc2-c2ccc(Cl)cc2)cc1. The number of ether oxygens (including phenoxy) is 1. The number of nitrogens with zero attached hydrogens (tertiary/aromatic N) is 1. The zero-order valence-electron chi connectivity index (χ0n) is 13.8. The van der Waals surface area contributed by atoms with Gasteiger partial charge in [-0.25, -0.2) is 4.79 Å². The lowest BCUT2D eigenvalue weighted by Gasteiger charge is -2.13. The van der Waals surface area contributed by atoms with Gasteiger partial charge in [-0.1, -0.05) is 35.9 Å². The molecule has 0 aliphatic rings. The van der Waals surface area contributed by atoms with Crippen molar-refractivity contribution in [1.82, 2.24) is 4.98 Å². The molecule has 3 rings (SSSR count). The highest BCUT2D eigenvalue weighted by atomic mass is 35.5. The average Bonchev–Trinajstić information content (AvgIpc) is 2.62. The van der Waals surface area contributed by atoms with Gasteiger partial charge in [-0.05, 0) is 42.8 Å². The lowest BCUT2D eigenvalue weighted by Crippen LogP contribution is -2.04. The van der Waals surface area contributed by atoms with E-state index in [9.17, 15) is 9.90 Å². The minimum atomic E-state index is -0.998. The van der Waals surface area contributed by atoms with Gasteiger partial charge in [0.2, 0.25) is 0 Å². The molecule has 0 aliphatic carbocycles. The standard InChI is InChI=1S/C20H16ClNO3/c1-12-17(20(23)24)11-18(13-5-9-16(25-2)10-6-13)19(22-12)14-3-7-15(21)8-4-14/h3-11H,1-2H3,(H,23,24). The van der Waals surface area contributed by atoms with Crippen LogP contribution in [-0.4, -0.2) is 23.2 Å². The second-order valence-electron chi connectivity index (χ2n) is 5.56. The number of aromatic nitrogens is 1. The molecule has 0 aliphatic heterocycles. The number of pyridine rings is 1. The van der Waals surface area contributed by atoms with Crippen molar-refractivity contribution < 1.29 is 14.6 Å². The summed E-state index contributed by atoms with van der Waals surface area (Å²) in [5.41, 5.74) is 3.84. The second-order valence-corrected chi connectivity index (χ2v) is 5.99. The normalized spacial score (nSPS) is 10.5. The van der Waals surface area contributed by atoms with E-state index in [4.69, 9.17) is 16.3 Å². The second kappa shape index (κ2) is 6.95. The van der Waals surface area contributed by atoms with Crippen LogP contribution in [0.4, 0.5) is 0 Å². The highest BCUT2D eigenvalue weighted by molar-refractivity contribution is 6.30. The fraction of sp³-hybridized carbons (Fsp3) is 0.100. The third-order valence-corrected chi connectivity index (χ3v) is 4.21. The summed E-state index contributed by atoms with van der Waals surface area (Å²) >= 11 is 5.98. The maximum Gasteiger partial charge on any atom is 0.337 e. The Balaban J connectivity index is 2.23. The van der Waals surface area contributed by atoms with Gasteiger partial charge in [-0.3, -0.25) is 4.98 Å². The highest BCUT2D eigenvalue weighted by Gasteiger charge is 2.16. The molecule has 0 saturated heterocycles. The maximum absolute atomic E-state index is 11.5. The summed E-state index contributed by atoms with van der Waals surface area (Å²) in [5, 5.41) is 10.1. The number of aromatic carboxylic acids is 1. The quantitative estimate of drug-likeness (QED) is 0.710. The summed E-state index contributed by atoms with van der Waals surface area (Å²) in [6.45, 7) is 1.70. The van der Waals surface area contributed by atoms with E-state index >= 15 is 0 Å². The van der Waals surface area contributed by atoms with Crippen LogP contribution in [0.5, 0.6) is 5.75 Å². The van der Waals surface area contributed by atoms with Crippen LogP contribution in [0.3, 0.4) is 0 Å². The number of benzene rings is 2. The van der Waals surface area contributed by atoms with Crippen LogP contribution in [-0.2, 0) is 0 Å². The number of hydrogen-bond donors (Lipinski definition) is 1. The molecule has 3 aromatic rings. The largest absolute Gasteiger partial charge is 0.497 e. The number of carboxylic acid groups (broad SMARTS) is 1. The minimum Gasteiger partial charge on any atom is -0.497 e. The Kier molecular flexibility index (Phi) is 4.72. The summed E-state index contributed by atoms with van der Waals surface area (Å²) in [4.78, 5) is 16.1. The zero-order chi connectivity index (χ0) is 18.0. The van der Waals surface area contributed by atoms with Crippen LogP contribution in [0, 0.1) is 6.92 Å². The molecular weight excluding hydrogens is 338 g/mol. The first-order valence-electron chi connectivity index (χ1n) is 7.65. The van der Waals surface area contributed by atoms with Gasteiger partial charge in [0, 0.05) is 16.1 Å². The molecule has 4 nitrogen and oxygen atoms in total. The van der Waals surface area contributed by atoms with E-state index < -0.39 is 5.97 Å². The zero-order valence-corrected chi connectivity index (χ0v) is 14.5. The third-order valence-electron chi connectivity index (χ3n) is 3.96. The average molecular weight is 354 g/mol. The van der Waals surface area contributed by atoms with Crippen molar-refractivity contribution in [3.63, 3.8) is 0 Å². The van der Waals surface area contributed by atoms with Crippen molar-refractivity contribution in [3.05, 3.63) is 70.9 Å². The summed E-state index contributed by atoms with van der Waals surface area (Å²) in [7, 11) is 1.60. The molecule has 126 valence electrons. The number of carbonyl (C=O) groups is 1. The first-order chi connectivity index (χ1) is 12.0. The molecule has 0 fully saturated rings. The predicted molar refractivity (Wildman–Crippen MR) is 98.4 cm³/mol. The van der Waals surface area contributed by atoms with E-state index in [1.807, 2.05) is 36.4 Å². The molecule has 1 aromatic heterocycles. The molecule has 0 radical (unpaired) electrons. The van der Waals surface area contributed by atoms with E-state index in [0.29, 0.717) is 16.4 Å². The molecule has 2 aromatic carbocycles. The van der Waals surface area contributed by atoms with Gasteiger partial charge in [0.1, 0.15) is 5.75 Å². The van der Waals surface area contributed by atoms with Crippen molar-refractivity contribution in [3.8, 4) is 28.1 Å². The Labute approximate surface area is 150 Å². The van der Waals surface area contributed by atoms with E-state index in [1.165, 1.54) is 0 Å². The van der Waals surface area contributed by atoms with Crippen LogP contribution in [0.25, 0.3) is 22.4 Å². The monoisotopic (exact) mass is 353 g/mol.